The van der Waals surface area contributed by atoms with Gasteiger partial charge in [-0.1, -0.05) is 27.2 Å². The number of nitrogens with one attached hydrogen (secondary N) is 4. The minimum Gasteiger partial charge on any atom is -0.338 e. The van der Waals surface area contributed by atoms with Crippen molar-refractivity contribution in [2.24, 2.45) is 0 Å². The molecule has 0 saturated carbocycles. The van der Waals surface area contributed by atoms with Crippen molar-refractivity contribution < 1.29 is 18.4 Å². The van der Waals surface area contributed by atoms with Gasteiger partial charge in [0.25, 0.3) is 0 Å². The number of halogens is 2. The first-order chi connectivity index (χ1) is 13.6. The third-order valence-corrected chi connectivity index (χ3v) is 4.64. The largest absolute Gasteiger partial charge is 0.338 e. The molecule has 7 nitrogen and oxygen atoms in total. The predicted molar refractivity (Wildman–Crippen MR) is 107 cm³/mol. The topological polar surface area (TPSA) is 98.9 Å². The fourth-order valence-corrected chi connectivity index (χ4v) is 2.70. The summed E-state index contributed by atoms with van der Waals surface area (Å²) >= 11 is 0. The number of carbonyl (C=O) groups is 2. The zero-order valence-corrected chi connectivity index (χ0v) is 17.0. The number of urea groups is 1. The molecule has 158 valence electrons. The maximum atomic E-state index is 13.6. The number of hydrogen-bond donors (Lipinski definition) is 4. The molecule has 0 spiro atoms. The van der Waals surface area contributed by atoms with Gasteiger partial charge in [0.15, 0.2) is 5.82 Å². The van der Waals surface area contributed by atoms with Crippen LogP contribution in [0.25, 0.3) is 0 Å². The molecular weight excluding hydrogens is 380 g/mol. The van der Waals surface area contributed by atoms with Crippen molar-refractivity contribution in [3.63, 3.8) is 0 Å². The summed E-state index contributed by atoms with van der Waals surface area (Å²) in [6.45, 7) is 7.67. The first-order valence-electron chi connectivity index (χ1n) is 9.51. The lowest BCUT2D eigenvalue weighted by atomic mass is 9.81. The lowest BCUT2D eigenvalue weighted by Crippen LogP contribution is -2.46. The molecule has 9 heteroatoms. The maximum Gasteiger partial charge on any atom is 0.315 e. The van der Waals surface area contributed by atoms with Gasteiger partial charge < -0.3 is 16.0 Å². The van der Waals surface area contributed by atoms with E-state index in [1.807, 2.05) is 6.92 Å². The second-order valence-electron chi connectivity index (χ2n) is 7.41. The molecule has 1 atom stereocenters. The summed E-state index contributed by atoms with van der Waals surface area (Å²) < 4.78 is 27.2. The summed E-state index contributed by atoms with van der Waals surface area (Å²) in [4.78, 5) is 24.0. The van der Waals surface area contributed by atoms with Gasteiger partial charge in [0, 0.05) is 29.8 Å². The Morgan fingerprint density at radius 2 is 1.83 bits per heavy atom. The summed E-state index contributed by atoms with van der Waals surface area (Å²) in [5, 5.41) is 14.7. The molecule has 0 fully saturated rings. The normalized spacial score (nSPS) is 12.3. The molecule has 0 aliphatic carbocycles. The van der Waals surface area contributed by atoms with Crippen LogP contribution < -0.4 is 16.0 Å². The van der Waals surface area contributed by atoms with E-state index in [1.165, 1.54) is 12.1 Å². The third-order valence-electron chi connectivity index (χ3n) is 4.64. The number of anilines is 1. The Labute approximate surface area is 168 Å². The van der Waals surface area contributed by atoms with Gasteiger partial charge in [-0.2, -0.15) is 5.10 Å². The number of unbranched alkanes of at least 4 members (excludes halogenated alkanes) is 1. The van der Waals surface area contributed by atoms with Gasteiger partial charge in [0.05, 0.1) is 0 Å². The van der Waals surface area contributed by atoms with E-state index in [0.717, 1.165) is 18.9 Å². The van der Waals surface area contributed by atoms with E-state index in [4.69, 9.17) is 0 Å². The van der Waals surface area contributed by atoms with E-state index in [-0.39, 0.29) is 5.82 Å². The minimum atomic E-state index is -0.776. The highest BCUT2D eigenvalue weighted by Gasteiger charge is 2.27. The monoisotopic (exact) mass is 407 g/mol. The molecule has 2 rings (SSSR count). The van der Waals surface area contributed by atoms with Crippen molar-refractivity contribution in [2.75, 3.05) is 11.9 Å². The van der Waals surface area contributed by atoms with Crippen LogP contribution in [-0.4, -0.2) is 34.7 Å². The summed E-state index contributed by atoms with van der Waals surface area (Å²) in [5.41, 5.74) is 0.216. The average molecular weight is 407 g/mol. The number of amides is 3. The first-order valence-corrected chi connectivity index (χ1v) is 9.51. The highest BCUT2D eigenvalue weighted by molar-refractivity contribution is 5.96. The second-order valence-corrected chi connectivity index (χ2v) is 7.41. The maximum absolute atomic E-state index is 13.6. The Balaban J connectivity index is 2.02. The summed E-state index contributed by atoms with van der Waals surface area (Å²) in [6.07, 6.45) is 1.81. The van der Waals surface area contributed by atoms with Crippen molar-refractivity contribution in [1.29, 1.82) is 0 Å². The summed E-state index contributed by atoms with van der Waals surface area (Å²) in [5.74, 6) is -1.53. The van der Waals surface area contributed by atoms with Crippen molar-refractivity contribution in [2.45, 2.75) is 52.0 Å². The van der Waals surface area contributed by atoms with E-state index >= 15 is 0 Å². The smallest absolute Gasteiger partial charge is 0.315 e. The summed E-state index contributed by atoms with van der Waals surface area (Å²) in [7, 11) is 0. The molecule has 1 aromatic heterocycles. The number of benzene rings is 1. The van der Waals surface area contributed by atoms with Crippen LogP contribution in [0.3, 0.4) is 0 Å². The molecule has 2 aromatic rings. The fraction of sp³-hybridized carbons (Fsp3) is 0.450. The van der Waals surface area contributed by atoms with Crippen LogP contribution in [-0.2, 0) is 10.2 Å². The number of hydrogen-bond acceptors (Lipinski definition) is 3. The fourth-order valence-electron chi connectivity index (χ4n) is 2.70. The SMILES string of the molecule is CCCCNC(=O)NC(C)C(=O)Nc1cc(C(C)(C)c2cc(F)cc(F)c2)[nH]n1. The molecule has 3 amide bonds. The second kappa shape index (κ2) is 9.49. The van der Waals surface area contributed by atoms with Gasteiger partial charge in [0.2, 0.25) is 5.91 Å². The van der Waals surface area contributed by atoms with Crippen molar-refractivity contribution >= 4 is 17.8 Å². The van der Waals surface area contributed by atoms with E-state index in [9.17, 15) is 18.4 Å². The highest BCUT2D eigenvalue weighted by atomic mass is 19.1. The van der Waals surface area contributed by atoms with Crippen LogP contribution in [0, 0.1) is 11.6 Å². The Bertz CT molecular complexity index is 846. The van der Waals surface area contributed by atoms with Crippen molar-refractivity contribution in [1.82, 2.24) is 20.8 Å². The van der Waals surface area contributed by atoms with Gasteiger partial charge in [0.1, 0.15) is 17.7 Å². The number of aromatic nitrogens is 2. The van der Waals surface area contributed by atoms with Gasteiger partial charge in [-0.25, -0.2) is 13.6 Å². The molecule has 1 unspecified atom stereocenters. The van der Waals surface area contributed by atoms with Gasteiger partial charge in [-0.15, -0.1) is 0 Å². The first kappa shape index (κ1) is 22.3. The minimum absolute atomic E-state index is 0.245. The highest BCUT2D eigenvalue weighted by Crippen LogP contribution is 2.32. The Kier molecular flexibility index (Phi) is 7.30. The molecule has 1 heterocycles. The van der Waals surface area contributed by atoms with Crippen LogP contribution in [0.1, 0.15) is 51.8 Å². The van der Waals surface area contributed by atoms with E-state index < -0.39 is 35.0 Å². The van der Waals surface area contributed by atoms with Crippen molar-refractivity contribution in [3.8, 4) is 0 Å². The third kappa shape index (κ3) is 6.00. The van der Waals surface area contributed by atoms with Crippen LogP contribution in [0.2, 0.25) is 0 Å². The van der Waals surface area contributed by atoms with Crippen LogP contribution in [0.15, 0.2) is 24.3 Å². The number of nitrogens with zero attached hydrogens (tertiary/aromatic N) is 1. The Morgan fingerprint density at radius 1 is 1.17 bits per heavy atom. The van der Waals surface area contributed by atoms with E-state index in [1.54, 1.807) is 26.8 Å². The molecule has 0 radical (unpaired) electrons. The average Bonchev–Trinajstić information content (AvgIpc) is 3.10. The molecule has 0 aliphatic rings. The van der Waals surface area contributed by atoms with Gasteiger partial charge in [-0.3, -0.25) is 9.89 Å². The molecule has 4 N–H and O–H groups in total. The zero-order chi connectivity index (χ0) is 21.6. The van der Waals surface area contributed by atoms with Crippen LogP contribution >= 0.6 is 0 Å². The van der Waals surface area contributed by atoms with Gasteiger partial charge in [-0.05, 0) is 31.0 Å². The number of rotatable bonds is 8. The Morgan fingerprint density at radius 3 is 2.45 bits per heavy atom. The zero-order valence-electron chi connectivity index (χ0n) is 17.0. The predicted octanol–water partition coefficient (Wildman–Crippen LogP) is 3.44. The lowest BCUT2D eigenvalue weighted by molar-refractivity contribution is -0.117. The molecule has 0 aliphatic heterocycles. The molecule has 0 saturated heterocycles. The van der Waals surface area contributed by atoms with Crippen molar-refractivity contribution in [3.05, 3.63) is 47.2 Å². The number of aromatic amines is 1. The number of carbonyl (C=O) groups excluding carboxylic acids is 2. The van der Waals surface area contributed by atoms with Crippen LogP contribution in [0.5, 0.6) is 0 Å². The molecule has 1 aromatic carbocycles. The van der Waals surface area contributed by atoms with Gasteiger partial charge >= 0.3 is 6.03 Å². The lowest BCUT2D eigenvalue weighted by Gasteiger charge is -2.23. The van der Waals surface area contributed by atoms with E-state index in [0.29, 0.717) is 17.8 Å². The van der Waals surface area contributed by atoms with E-state index in [2.05, 4.69) is 26.1 Å². The Hall–Kier alpha value is -2.97. The quantitative estimate of drug-likeness (QED) is 0.505. The molecule has 29 heavy (non-hydrogen) atoms. The molecule has 0 bridgehead atoms. The standard InChI is InChI=1S/C20H27F2N5O2/c1-5-6-7-23-19(29)24-12(2)18(28)25-17-11-16(26-27-17)20(3,4)13-8-14(21)10-15(22)9-13/h8-12H,5-7H2,1-4H3,(H2,23,24,29)(H2,25,26,27,28). The molecular formula is C20H27F2N5O2. The summed E-state index contributed by atoms with van der Waals surface area (Å²) in [6, 6.07) is 3.72. The number of H-pyrrole nitrogens is 1. The van der Waals surface area contributed by atoms with Crippen LogP contribution in [0.4, 0.5) is 19.4 Å².